The van der Waals surface area contributed by atoms with Gasteiger partial charge in [-0.2, -0.15) is 0 Å². The number of ether oxygens (including phenoxy) is 2. The highest BCUT2D eigenvalue weighted by Crippen LogP contribution is 2.37. The Morgan fingerprint density at radius 2 is 1.93 bits per heavy atom. The predicted molar refractivity (Wildman–Crippen MR) is 109 cm³/mol. The van der Waals surface area contributed by atoms with Gasteiger partial charge >= 0.3 is 0 Å². The maximum atomic E-state index is 12.8. The standard InChI is InChI=1S/C22H20N2O3S/c1-14-8-17-9-19-20(27-13-26-19)10-18(17)23-22(14)28-12-21(25)24-7-6-15-4-2-3-5-16(15)11-24/h2-5,8-10H,6-7,11-13H2,1H3. The van der Waals surface area contributed by atoms with Crippen LogP contribution in [-0.4, -0.2) is 34.9 Å². The van der Waals surface area contributed by atoms with E-state index in [-0.39, 0.29) is 12.7 Å². The molecule has 0 saturated heterocycles. The van der Waals surface area contributed by atoms with Crippen LogP contribution in [0.15, 0.2) is 47.5 Å². The van der Waals surface area contributed by atoms with Crippen LogP contribution >= 0.6 is 11.8 Å². The number of fused-ring (bicyclic) bond motifs is 3. The molecule has 2 aromatic carbocycles. The molecule has 0 radical (unpaired) electrons. The highest BCUT2D eigenvalue weighted by Gasteiger charge is 2.21. The van der Waals surface area contributed by atoms with Crippen LogP contribution in [0, 0.1) is 6.92 Å². The lowest BCUT2D eigenvalue weighted by atomic mass is 10.00. The summed E-state index contributed by atoms with van der Waals surface area (Å²) >= 11 is 1.50. The molecule has 3 heterocycles. The van der Waals surface area contributed by atoms with E-state index in [1.807, 2.05) is 30.0 Å². The number of carbonyl (C=O) groups excluding carboxylic acids is 1. The molecular weight excluding hydrogens is 372 g/mol. The largest absolute Gasteiger partial charge is 0.454 e. The van der Waals surface area contributed by atoms with Crippen LogP contribution in [0.4, 0.5) is 0 Å². The molecule has 3 aromatic rings. The Morgan fingerprint density at radius 3 is 2.79 bits per heavy atom. The number of nitrogens with zero attached hydrogens (tertiary/aromatic N) is 2. The first-order chi connectivity index (χ1) is 13.7. The van der Waals surface area contributed by atoms with Crippen molar-refractivity contribution in [2.45, 2.75) is 24.9 Å². The van der Waals surface area contributed by atoms with Crippen LogP contribution in [-0.2, 0) is 17.8 Å². The lowest BCUT2D eigenvalue weighted by Gasteiger charge is -2.28. The minimum absolute atomic E-state index is 0.159. The summed E-state index contributed by atoms with van der Waals surface area (Å²) in [5.74, 6) is 2.04. The zero-order chi connectivity index (χ0) is 19.1. The summed E-state index contributed by atoms with van der Waals surface area (Å²) in [6.07, 6.45) is 0.924. The van der Waals surface area contributed by atoms with Gasteiger partial charge in [-0.3, -0.25) is 4.79 Å². The monoisotopic (exact) mass is 392 g/mol. The van der Waals surface area contributed by atoms with Crippen molar-refractivity contribution < 1.29 is 14.3 Å². The van der Waals surface area contributed by atoms with Crippen LogP contribution < -0.4 is 9.47 Å². The number of rotatable bonds is 3. The van der Waals surface area contributed by atoms with Crippen LogP contribution in [0.5, 0.6) is 11.5 Å². The van der Waals surface area contributed by atoms with Crippen LogP contribution in [0.2, 0.25) is 0 Å². The SMILES string of the molecule is Cc1cc2cc3c(cc2nc1SCC(=O)N1CCc2ccccc2C1)OCO3. The zero-order valence-corrected chi connectivity index (χ0v) is 16.4. The molecule has 2 aliphatic heterocycles. The van der Waals surface area contributed by atoms with Crippen LogP contribution in [0.25, 0.3) is 10.9 Å². The minimum atomic E-state index is 0.159. The Balaban J connectivity index is 1.31. The number of carbonyl (C=O) groups is 1. The third kappa shape index (κ3) is 3.18. The van der Waals surface area contributed by atoms with Gasteiger partial charge in [0, 0.05) is 24.5 Å². The molecule has 5 rings (SSSR count). The topological polar surface area (TPSA) is 51.7 Å². The first kappa shape index (κ1) is 17.4. The maximum absolute atomic E-state index is 12.8. The molecule has 28 heavy (non-hydrogen) atoms. The fourth-order valence-electron chi connectivity index (χ4n) is 3.73. The smallest absolute Gasteiger partial charge is 0.233 e. The summed E-state index contributed by atoms with van der Waals surface area (Å²) in [6.45, 7) is 3.76. The zero-order valence-electron chi connectivity index (χ0n) is 15.6. The van der Waals surface area contributed by atoms with E-state index in [1.54, 1.807) is 0 Å². The van der Waals surface area contributed by atoms with E-state index in [0.717, 1.165) is 46.0 Å². The van der Waals surface area contributed by atoms with Crippen LogP contribution in [0.1, 0.15) is 16.7 Å². The molecule has 0 unspecified atom stereocenters. The summed E-state index contributed by atoms with van der Waals surface area (Å²) in [5.41, 5.74) is 4.53. The average molecular weight is 392 g/mol. The minimum Gasteiger partial charge on any atom is -0.454 e. The number of thioether (sulfide) groups is 1. The van der Waals surface area contributed by atoms with Gasteiger partial charge in [0.2, 0.25) is 12.7 Å². The number of aryl methyl sites for hydroxylation is 1. The first-order valence-electron chi connectivity index (χ1n) is 9.36. The van der Waals surface area contributed by atoms with Gasteiger partial charge in [0.15, 0.2) is 11.5 Å². The van der Waals surface area contributed by atoms with E-state index in [9.17, 15) is 4.79 Å². The number of pyridine rings is 1. The van der Waals surface area contributed by atoms with Crippen molar-refractivity contribution in [3.05, 3.63) is 59.2 Å². The summed E-state index contributed by atoms with van der Waals surface area (Å²) in [6, 6.07) is 14.3. The summed E-state index contributed by atoms with van der Waals surface area (Å²) < 4.78 is 10.9. The van der Waals surface area contributed by atoms with E-state index in [2.05, 4.69) is 24.3 Å². The van der Waals surface area contributed by atoms with Crippen molar-refractivity contribution in [2.24, 2.45) is 0 Å². The number of amides is 1. The van der Waals surface area contributed by atoms with Gasteiger partial charge in [-0.25, -0.2) is 4.98 Å². The lowest BCUT2D eigenvalue weighted by Crippen LogP contribution is -2.37. The number of hydrogen-bond donors (Lipinski definition) is 0. The van der Waals surface area contributed by atoms with Crippen molar-refractivity contribution in [1.29, 1.82) is 0 Å². The van der Waals surface area contributed by atoms with Gasteiger partial charge in [-0.1, -0.05) is 36.0 Å². The van der Waals surface area contributed by atoms with Crippen molar-refractivity contribution >= 4 is 28.6 Å². The molecule has 0 aliphatic carbocycles. The Kier molecular flexibility index (Phi) is 4.36. The quantitative estimate of drug-likeness (QED) is 0.632. The Bertz CT molecular complexity index is 1080. The van der Waals surface area contributed by atoms with Crippen molar-refractivity contribution in [1.82, 2.24) is 9.88 Å². The van der Waals surface area contributed by atoms with E-state index in [4.69, 9.17) is 14.5 Å². The third-order valence-electron chi connectivity index (χ3n) is 5.27. The molecular formula is C22H20N2O3S. The predicted octanol–water partition coefficient (Wildman–Crippen LogP) is 3.95. The maximum Gasteiger partial charge on any atom is 0.233 e. The molecule has 6 heteroatoms. The van der Waals surface area contributed by atoms with Gasteiger partial charge in [-0.05, 0) is 42.2 Å². The summed E-state index contributed by atoms with van der Waals surface area (Å²) in [7, 11) is 0. The molecule has 0 N–H and O–H groups in total. The highest BCUT2D eigenvalue weighted by atomic mass is 32.2. The second-order valence-corrected chi connectivity index (χ2v) is 8.10. The second-order valence-electron chi connectivity index (χ2n) is 7.13. The summed E-state index contributed by atoms with van der Waals surface area (Å²) in [5, 5.41) is 1.90. The fourth-order valence-corrected chi connectivity index (χ4v) is 4.62. The molecule has 1 aromatic heterocycles. The molecule has 142 valence electrons. The number of hydrogen-bond acceptors (Lipinski definition) is 5. The van der Waals surface area contributed by atoms with Crippen molar-refractivity contribution in [3.8, 4) is 11.5 Å². The van der Waals surface area contributed by atoms with E-state index in [1.165, 1.54) is 22.9 Å². The Morgan fingerprint density at radius 1 is 1.14 bits per heavy atom. The molecule has 0 atom stereocenters. The average Bonchev–Trinajstić information content (AvgIpc) is 3.17. The molecule has 2 aliphatic rings. The number of benzene rings is 2. The Labute approximate surface area is 167 Å². The van der Waals surface area contributed by atoms with Gasteiger partial charge in [0.05, 0.1) is 11.3 Å². The van der Waals surface area contributed by atoms with Gasteiger partial charge < -0.3 is 14.4 Å². The van der Waals surface area contributed by atoms with Crippen LogP contribution in [0.3, 0.4) is 0 Å². The molecule has 0 bridgehead atoms. The van der Waals surface area contributed by atoms with Gasteiger partial charge in [-0.15, -0.1) is 0 Å². The Hall–Kier alpha value is -2.73. The first-order valence-corrected chi connectivity index (χ1v) is 10.3. The van der Waals surface area contributed by atoms with Gasteiger partial charge in [0.25, 0.3) is 0 Å². The lowest BCUT2D eigenvalue weighted by molar-refractivity contribution is -0.129. The third-order valence-corrected chi connectivity index (χ3v) is 6.35. The highest BCUT2D eigenvalue weighted by molar-refractivity contribution is 7.99. The van der Waals surface area contributed by atoms with E-state index < -0.39 is 0 Å². The van der Waals surface area contributed by atoms with Crippen molar-refractivity contribution in [2.75, 3.05) is 19.1 Å². The summed E-state index contributed by atoms with van der Waals surface area (Å²) in [4.78, 5) is 19.5. The second kappa shape index (κ2) is 7.02. The molecule has 0 saturated carbocycles. The molecule has 5 nitrogen and oxygen atoms in total. The fraction of sp³-hybridized carbons (Fsp3) is 0.273. The normalized spacial score (nSPS) is 15.0. The number of aromatic nitrogens is 1. The van der Waals surface area contributed by atoms with Crippen molar-refractivity contribution in [3.63, 3.8) is 0 Å². The molecule has 1 amide bonds. The van der Waals surface area contributed by atoms with E-state index >= 15 is 0 Å². The van der Waals surface area contributed by atoms with E-state index in [0.29, 0.717) is 12.3 Å². The van der Waals surface area contributed by atoms with Gasteiger partial charge in [0.1, 0.15) is 5.03 Å². The molecule has 0 spiro atoms. The molecule has 0 fully saturated rings.